The first-order chi connectivity index (χ1) is 9.41. The molecule has 7 nitrogen and oxygen atoms in total. The Hall–Kier alpha value is -1.54. The van der Waals surface area contributed by atoms with E-state index in [0.29, 0.717) is 11.4 Å². The molecule has 0 aliphatic heterocycles. The van der Waals surface area contributed by atoms with Crippen molar-refractivity contribution < 1.29 is 13.2 Å². The zero-order valence-corrected chi connectivity index (χ0v) is 13.9. The van der Waals surface area contributed by atoms with Gasteiger partial charge in [-0.25, -0.2) is 13.1 Å². The zero-order chi connectivity index (χ0) is 16.4. The third kappa shape index (κ3) is 5.39. The zero-order valence-electron chi connectivity index (χ0n) is 13.1. The van der Waals surface area contributed by atoms with Gasteiger partial charge in [-0.3, -0.25) is 4.79 Å². The standard InChI is InChI=1S/C13H24N4O3S/c1-9(2)17-7-10(14)6-11(17)12(18)15-8-13(3,4)16-21(5,19)20/h6-7,9,16H,8,14H2,1-5H3,(H,15,18). The molecule has 21 heavy (non-hydrogen) atoms. The highest BCUT2D eigenvalue weighted by molar-refractivity contribution is 7.88. The van der Waals surface area contributed by atoms with Crippen molar-refractivity contribution in [1.29, 1.82) is 0 Å². The van der Waals surface area contributed by atoms with Crippen molar-refractivity contribution in [3.8, 4) is 0 Å². The average Bonchev–Trinajstić information content (AvgIpc) is 2.65. The van der Waals surface area contributed by atoms with Gasteiger partial charge in [0.15, 0.2) is 0 Å². The molecule has 0 spiro atoms. The average molecular weight is 316 g/mol. The van der Waals surface area contributed by atoms with Crippen molar-refractivity contribution in [2.45, 2.75) is 39.3 Å². The van der Waals surface area contributed by atoms with Crippen LogP contribution in [0.15, 0.2) is 12.3 Å². The Kier molecular flexibility index (Phi) is 5.06. The summed E-state index contributed by atoms with van der Waals surface area (Å²) in [5.41, 5.74) is 5.93. The number of aromatic nitrogens is 1. The number of nitrogens with one attached hydrogen (secondary N) is 2. The van der Waals surface area contributed by atoms with Gasteiger partial charge in [-0.2, -0.15) is 0 Å². The normalized spacial score (nSPS) is 12.7. The van der Waals surface area contributed by atoms with E-state index in [9.17, 15) is 13.2 Å². The van der Waals surface area contributed by atoms with Crippen LogP contribution in [0, 0.1) is 0 Å². The monoisotopic (exact) mass is 316 g/mol. The SMILES string of the molecule is CC(C)n1cc(N)cc1C(=O)NCC(C)(C)NS(C)(=O)=O. The van der Waals surface area contributed by atoms with Gasteiger partial charge in [0.2, 0.25) is 10.0 Å². The Balaban J connectivity index is 2.79. The molecule has 0 aliphatic carbocycles. The Morgan fingerprint density at radius 3 is 2.48 bits per heavy atom. The van der Waals surface area contributed by atoms with Gasteiger partial charge in [0.05, 0.1) is 11.9 Å². The van der Waals surface area contributed by atoms with E-state index in [1.54, 1.807) is 30.7 Å². The van der Waals surface area contributed by atoms with Crippen LogP contribution in [0.5, 0.6) is 0 Å². The molecule has 0 atom stereocenters. The van der Waals surface area contributed by atoms with Gasteiger partial charge in [-0.05, 0) is 33.8 Å². The van der Waals surface area contributed by atoms with Gasteiger partial charge in [0.1, 0.15) is 5.69 Å². The first kappa shape index (κ1) is 17.5. The van der Waals surface area contributed by atoms with Crippen molar-refractivity contribution >= 4 is 21.6 Å². The number of amides is 1. The van der Waals surface area contributed by atoms with E-state index in [4.69, 9.17) is 5.73 Å². The topological polar surface area (TPSA) is 106 Å². The number of carbonyl (C=O) groups excluding carboxylic acids is 1. The largest absolute Gasteiger partial charge is 0.397 e. The predicted molar refractivity (Wildman–Crippen MR) is 83.6 cm³/mol. The number of hydrogen-bond acceptors (Lipinski definition) is 4. The van der Waals surface area contributed by atoms with E-state index in [2.05, 4.69) is 10.0 Å². The van der Waals surface area contributed by atoms with Crippen LogP contribution < -0.4 is 15.8 Å². The van der Waals surface area contributed by atoms with E-state index < -0.39 is 15.6 Å². The highest BCUT2D eigenvalue weighted by Gasteiger charge is 2.24. The van der Waals surface area contributed by atoms with Crippen molar-refractivity contribution in [3.63, 3.8) is 0 Å². The molecule has 0 fully saturated rings. The number of sulfonamides is 1. The predicted octanol–water partition coefficient (Wildman–Crippen LogP) is 0.709. The number of carbonyl (C=O) groups is 1. The van der Waals surface area contributed by atoms with Crippen molar-refractivity contribution in [1.82, 2.24) is 14.6 Å². The molecule has 0 bridgehead atoms. The van der Waals surface area contributed by atoms with E-state index >= 15 is 0 Å². The van der Waals surface area contributed by atoms with Gasteiger partial charge < -0.3 is 15.6 Å². The molecular weight excluding hydrogens is 292 g/mol. The molecule has 0 radical (unpaired) electrons. The van der Waals surface area contributed by atoms with Gasteiger partial charge in [0, 0.05) is 24.3 Å². The molecule has 8 heteroatoms. The van der Waals surface area contributed by atoms with Crippen LogP contribution in [0.3, 0.4) is 0 Å². The highest BCUT2D eigenvalue weighted by Crippen LogP contribution is 2.16. The molecule has 0 aliphatic rings. The maximum absolute atomic E-state index is 12.2. The Labute approximate surface area is 125 Å². The summed E-state index contributed by atoms with van der Waals surface area (Å²) < 4.78 is 26.8. The summed E-state index contributed by atoms with van der Waals surface area (Å²) in [4.78, 5) is 12.2. The minimum atomic E-state index is -3.34. The summed E-state index contributed by atoms with van der Waals surface area (Å²) in [6.07, 6.45) is 2.79. The summed E-state index contributed by atoms with van der Waals surface area (Å²) in [5.74, 6) is -0.288. The van der Waals surface area contributed by atoms with Crippen LogP contribution >= 0.6 is 0 Å². The number of nitrogens with two attached hydrogens (primary N) is 1. The van der Waals surface area contributed by atoms with Gasteiger partial charge in [0.25, 0.3) is 5.91 Å². The minimum absolute atomic E-state index is 0.102. The minimum Gasteiger partial charge on any atom is -0.397 e. The van der Waals surface area contributed by atoms with E-state index in [0.717, 1.165) is 6.26 Å². The molecule has 0 aromatic carbocycles. The molecule has 1 rings (SSSR count). The maximum Gasteiger partial charge on any atom is 0.268 e. The molecule has 1 aromatic heterocycles. The lowest BCUT2D eigenvalue weighted by Crippen LogP contribution is -2.51. The molecule has 1 aromatic rings. The fourth-order valence-electron chi connectivity index (χ4n) is 2.04. The lowest BCUT2D eigenvalue weighted by atomic mass is 10.1. The second kappa shape index (κ2) is 6.07. The van der Waals surface area contributed by atoms with Gasteiger partial charge >= 0.3 is 0 Å². The number of rotatable bonds is 6. The highest BCUT2D eigenvalue weighted by atomic mass is 32.2. The van der Waals surface area contributed by atoms with Gasteiger partial charge in [-0.15, -0.1) is 0 Å². The second-order valence-electron chi connectivity index (χ2n) is 6.10. The molecule has 120 valence electrons. The summed E-state index contributed by atoms with van der Waals surface area (Å²) >= 11 is 0. The first-order valence-corrected chi connectivity index (χ1v) is 8.55. The first-order valence-electron chi connectivity index (χ1n) is 6.66. The smallest absolute Gasteiger partial charge is 0.268 e. The summed E-state index contributed by atoms with van der Waals surface area (Å²) in [7, 11) is -3.34. The molecule has 1 amide bonds. The maximum atomic E-state index is 12.2. The lowest BCUT2D eigenvalue weighted by molar-refractivity contribution is 0.0933. The molecule has 0 saturated heterocycles. The van der Waals surface area contributed by atoms with Crippen molar-refractivity contribution in [3.05, 3.63) is 18.0 Å². The number of hydrogen-bond donors (Lipinski definition) is 3. The molecule has 4 N–H and O–H groups in total. The Bertz CT molecular complexity index is 617. The molecule has 0 unspecified atom stereocenters. The molecule has 0 saturated carbocycles. The van der Waals surface area contributed by atoms with Crippen LogP contribution in [0.4, 0.5) is 5.69 Å². The number of anilines is 1. The van der Waals surface area contributed by atoms with Gasteiger partial charge in [-0.1, -0.05) is 0 Å². The van der Waals surface area contributed by atoms with Crippen molar-refractivity contribution in [2.75, 3.05) is 18.5 Å². The Morgan fingerprint density at radius 2 is 2.00 bits per heavy atom. The van der Waals surface area contributed by atoms with Crippen LogP contribution in [0.1, 0.15) is 44.2 Å². The van der Waals surface area contributed by atoms with Crippen molar-refractivity contribution in [2.24, 2.45) is 0 Å². The van der Waals surface area contributed by atoms with Crippen LogP contribution in [0.25, 0.3) is 0 Å². The second-order valence-corrected chi connectivity index (χ2v) is 7.85. The lowest BCUT2D eigenvalue weighted by Gasteiger charge is -2.25. The number of nitrogens with zero attached hydrogens (tertiary/aromatic N) is 1. The van der Waals surface area contributed by atoms with E-state index in [1.165, 1.54) is 0 Å². The summed E-state index contributed by atoms with van der Waals surface area (Å²) in [6, 6.07) is 1.71. The fourth-order valence-corrected chi connectivity index (χ4v) is 3.12. The third-order valence-corrected chi connectivity index (χ3v) is 3.73. The van der Waals surface area contributed by atoms with E-state index in [1.807, 2.05) is 13.8 Å². The fraction of sp³-hybridized carbons (Fsp3) is 0.615. The summed E-state index contributed by atoms with van der Waals surface area (Å²) in [6.45, 7) is 7.47. The van der Waals surface area contributed by atoms with E-state index in [-0.39, 0.29) is 18.5 Å². The van der Waals surface area contributed by atoms with Crippen LogP contribution in [-0.2, 0) is 10.0 Å². The summed E-state index contributed by atoms with van der Waals surface area (Å²) in [5, 5.41) is 2.73. The van der Waals surface area contributed by atoms with Crippen LogP contribution in [-0.4, -0.2) is 37.2 Å². The third-order valence-electron chi connectivity index (χ3n) is 2.81. The van der Waals surface area contributed by atoms with Crippen LogP contribution in [0.2, 0.25) is 0 Å². The Morgan fingerprint density at radius 1 is 1.43 bits per heavy atom. The molecular formula is C13H24N4O3S. The molecule has 1 heterocycles. The quantitative estimate of drug-likeness (QED) is 0.718. The number of nitrogen functional groups attached to an aromatic ring is 1.